The average molecular weight is 302 g/mol. The molecule has 0 saturated heterocycles. The monoisotopic (exact) mass is 300 g/mol. The van der Waals surface area contributed by atoms with Gasteiger partial charge in [-0.2, -0.15) is 0 Å². The van der Waals surface area contributed by atoms with E-state index >= 15 is 0 Å². The van der Waals surface area contributed by atoms with E-state index < -0.39 is 8.13 Å². The summed E-state index contributed by atoms with van der Waals surface area (Å²) in [6, 6.07) is 0. The number of hydrogen-bond donors (Lipinski definition) is 1. The van der Waals surface area contributed by atoms with Crippen molar-refractivity contribution in [1.29, 1.82) is 0 Å². The van der Waals surface area contributed by atoms with E-state index in [0.29, 0.717) is 6.42 Å². The maximum absolute atomic E-state index is 8.54. The first-order valence-electron chi connectivity index (χ1n) is 4.36. The first kappa shape index (κ1) is 15.4. The average Bonchev–Trinajstić information content (AvgIpc) is 2.02. The van der Waals surface area contributed by atoms with Crippen molar-refractivity contribution in [3.8, 4) is 0 Å². The predicted octanol–water partition coefficient (Wildman–Crippen LogP) is 4.47. The van der Waals surface area contributed by atoms with Gasteiger partial charge >= 0.3 is 0 Å². The van der Waals surface area contributed by atoms with E-state index in [1.807, 2.05) is 0 Å². The molecule has 0 atom stereocenters. The molecule has 0 radical (unpaired) electrons. The molecule has 0 aromatic rings. The zero-order chi connectivity index (χ0) is 11.2. The fraction of sp³-hybridized carbons (Fsp3) is 1.00. The number of aliphatic hydroxyl groups is 1. The van der Waals surface area contributed by atoms with Crippen molar-refractivity contribution < 1.29 is 5.11 Å². The van der Waals surface area contributed by atoms with Gasteiger partial charge in [-0.25, -0.2) is 0 Å². The van der Waals surface area contributed by atoms with E-state index in [-0.39, 0.29) is 6.61 Å². The molecule has 0 amide bonds. The van der Waals surface area contributed by atoms with Crippen molar-refractivity contribution in [2.24, 2.45) is 0 Å². The summed E-state index contributed by atoms with van der Waals surface area (Å²) in [5, 5.41) is 8.54. The lowest BCUT2D eigenvalue weighted by Gasteiger charge is -2.27. The van der Waals surface area contributed by atoms with Gasteiger partial charge in [-0.05, 0) is 12.8 Å². The molecule has 0 fully saturated rings. The number of aliphatic hydroxyl groups excluding tert-OH is 1. The molecule has 1 N–H and O–H groups in total. The lowest BCUT2D eigenvalue weighted by atomic mass is 10.1. The fourth-order valence-electron chi connectivity index (χ4n) is 0.954. The minimum Gasteiger partial charge on any atom is -0.396 e. The Morgan fingerprint density at radius 1 is 0.786 bits per heavy atom. The lowest BCUT2D eigenvalue weighted by molar-refractivity contribution is 0.282. The van der Waals surface area contributed by atoms with Crippen molar-refractivity contribution in [3.05, 3.63) is 0 Å². The molecule has 0 aliphatic heterocycles. The first-order valence-corrected chi connectivity index (χ1v) is 6.25. The minimum absolute atomic E-state index is 0.206. The number of alkyl halides is 5. The van der Waals surface area contributed by atoms with Crippen molar-refractivity contribution in [1.82, 2.24) is 0 Å². The second kappa shape index (κ2) is 6.88. The molecule has 0 aromatic heterocycles. The van der Waals surface area contributed by atoms with Crippen molar-refractivity contribution in [2.75, 3.05) is 6.61 Å². The summed E-state index contributed by atoms with van der Waals surface area (Å²) >= 11 is 28.5. The van der Waals surface area contributed by atoms with Gasteiger partial charge < -0.3 is 5.11 Å². The fourth-order valence-corrected chi connectivity index (χ4v) is 1.50. The molecule has 86 valence electrons. The highest BCUT2D eigenvalue weighted by Gasteiger charge is 2.44. The van der Waals surface area contributed by atoms with Crippen LogP contribution in [0.3, 0.4) is 0 Å². The van der Waals surface area contributed by atoms with Crippen LogP contribution in [0.5, 0.6) is 0 Å². The Morgan fingerprint density at radius 3 is 1.71 bits per heavy atom. The van der Waals surface area contributed by atoms with Gasteiger partial charge in [0.25, 0.3) is 0 Å². The van der Waals surface area contributed by atoms with E-state index in [2.05, 4.69) is 0 Å². The third kappa shape index (κ3) is 6.09. The molecular formula is C8H13Cl5O. The predicted molar refractivity (Wildman–Crippen MR) is 64.9 cm³/mol. The van der Waals surface area contributed by atoms with E-state index in [0.717, 1.165) is 25.7 Å². The van der Waals surface area contributed by atoms with Crippen molar-refractivity contribution >= 4 is 58.0 Å². The van der Waals surface area contributed by atoms with Crippen LogP contribution in [0.25, 0.3) is 0 Å². The Kier molecular flexibility index (Phi) is 7.57. The highest BCUT2D eigenvalue weighted by molar-refractivity contribution is 6.75. The third-order valence-electron chi connectivity index (χ3n) is 1.81. The lowest BCUT2D eigenvalue weighted by Crippen LogP contribution is -2.30. The van der Waals surface area contributed by atoms with Gasteiger partial charge in [0.15, 0.2) is 4.33 Å². The quantitative estimate of drug-likeness (QED) is 0.567. The maximum atomic E-state index is 8.54. The summed E-state index contributed by atoms with van der Waals surface area (Å²) in [4.78, 5) is 0. The van der Waals surface area contributed by atoms with Crippen molar-refractivity contribution in [3.63, 3.8) is 0 Å². The van der Waals surface area contributed by atoms with Gasteiger partial charge in [0, 0.05) is 6.61 Å². The van der Waals surface area contributed by atoms with Crippen LogP contribution in [-0.4, -0.2) is 19.8 Å². The van der Waals surface area contributed by atoms with E-state index in [1.165, 1.54) is 0 Å². The summed E-state index contributed by atoms with van der Waals surface area (Å²) in [6.07, 6.45) is 3.84. The first-order chi connectivity index (χ1) is 6.31. The molecule has 6 heteroatoms. The van der Waals surface area contributed by atoms with E-state index in [4.69, 9.17) is 63.1 Å². The van der Waals surface area contributed by atoms with Gasteiger partial charge in [-0.15, -0.1) is 0 Å². The molecule has 0 heterocycles. The van der Waals surface area contributed by atoms with Crippen LogP contribution in [0.15, 0.2) is 0 Å². The number of rotatable bonds is 6. The Balaban J connectivity index is 3.67. The van der Waals surface area contributed by atoms with Gasteiger partial charge in [0.1, 0.15) is 0 Å². The number of halogens is 5. The normalized spacial score (nSPS) is 13.3. The standard InChI is InChI=1S/C8H13Cl5O/c9-7(10,8(11,12)13)5-3-1-2-4-6-14/h14H,1-6H2. The van der Waals surface area contributed by atoms with Crippen LogP contribution in [-0.2, 0) is 0 Å². The van der Waals surface area contributed by atoms with Crippen LogP contribution in [0.1, 0.15) is 32.1 Å². The minimum atomic E-state index is -1.66. The second-order valence-electron chi connectivity index (χ2n) is 3.09. The molecule has 14 heavy (non-hydrogen) atoms. The Hall–Kier alpha value is 1.41. The smallest absolute Gasteiger partial charge is 0.223 e. The zero-order valence-electron chi connectivity index (χ0n) is 7.58. The summed E-state index contributed by atoms with van der Waals surface area (Å²) in [6.45, 7) is 0.206. The molecule has 0 rings (SSSR count). The topological polar surface area (TPSA) is 20.2 Å². The highest BCUT2D eigenvalue weighted by atomic mass is 35.6. The van der Waals surface area contributed by atoms with Gasteiger partial charge in [0.05, 0.1) is 0 Å². The van der Waals surface area contributed by atoms with Crippen LogP contribution >= 0.6 is 58.0 Å². The molecule has 0 aliphatic rings. The molecule has 0 aromatic carbocycles. The molecule has 0 bridgehead atoms. The van der Waals surface area contributed by atoms with Gasteiger partial charge in [-0.1, -0.05) is 77.3 Å². The Morgan fingerprint density at radius 2 is 1.29 bits per heavy atom. The molecular weight excluding hydrogens is 289 g/mol. The molecule has 0 spiro atoms. The Labute approximate surface area is 110 Å². The van der Waals surface area contributed by atoms with Gasteiger partial charge in [0.2, 0.25) is 3.79 Å². The van der Waals surface area contributed by atoms with Crippen LogP contribution in [0.2, 0.25) is 0 Å². The zero-order valence-corrected chi connectivity index (χ0v) is 11.4. The summed E-state index contributed by atoms with van der Waals surface area (Å²) in [7, 11) is 0. The number of unbranched alkanes of at least 4 members (excludes halogenated alkanes) is 3. The summed E-state index contributed by atoms with van der Waals surface area (Å²) in [5.74, 6) is 0. The van der Waals surface area contributed by atoms with Gasteiger partial charge in [-0.3, -0.25) is 0 Å². The van der Waals surface area contributed by atoms with Crippen LogP contribution in [0.4, 0.5) is 0 Å². The summed E-state index contributed by atoms with van der Waals surface area (Å²) in [5.41, 5.74) is 0. The van der Waals surface area contributed by atoms with Crippen LogP contribution < -0.4 is 0 Å². The second-order valence-corrected chi connectivity index (χ2v) is 6.86. The molecule has 0 unspecified atom stereocenters. The molecule has 0 aliphatic carbocycles. The summed E-state index contributed by atoms with van der Waals surface area (Å²) < 4.78 is -3.00. The largest absolute Gasteiger partial charge is 0.396 e. The van der Waals surface area contributed by atoms with Crippen LogP contribution in [0, 0.1) is 0 Å². The maximum Gasteiger partial charge on any atom is 0.223 e. The highest BCUT2D eigenvalue weighted by Crippen LogP contribution is 2.48. The number of hydrogen-bond acceptors (Lipinski definition) is 1. The third-order valence-corrected chi connectivity index (χ3v) is 4.31. The van der Waals surface area contributed by atoms with E-state index in [9.17, 15) is 0 Å². The van der Waals surface area contributed by atoms with E-state index in [1.54, 1.807) is 0 Å². The SMILES string of the molecule is OCCCCCCC(Cl)(Cl)C(Cl)(Cl)Cl. The Bertz CT molecular complexity index is 154. The van der Waals surface area contributed by atoms with Crippen molar-refractivity contribution in [2.45, 2.75) is 40.2 Å². The molecule has 0 saturated carbocycles. The molecule has 1 nitrogen and oxygen atoms in total.